The van der Waals surface area contributed by atoms with E-state index in [1.54, 1.807) is 6.07 Å². The Kier molecular flexibility index (Phi) is 7.34. The molecule has 10 heteroatoms. The lowest BCUT2D eigenvalue weighted by Gasteiger charge is -2.15. The number of ether oxygens (including phenoxy) is 2. The molecule has 2 amide bonds. The molecule has 3 atom stereocenters. The number of carbonyl (C=O) groups excluding carboxylic acids is 3. The Labute approximate surface area is 185 Å². The van der Waals surface area contributed by atoms with Gasteiger partial charge in [0.1, 0.15) is 17.6 Å². The van der Waals surface area contributed by atoms with Gasteiger partial charge in [-0.05, 0) is 52.2 Å². The first-order chi connectivity index (χ1) is 15.3. The molecule has 1 unspecified atom stereocenters. The summed E-state index contributed by atoms with van der Waals surface area (Å²) in [5.41, 5.74) is 0.828. The molecule has 0 radical (unpaired) electrons. The van der Waals surface area contributed by atoms with Gasteiger partial charge >= 0.3 is 6.09 Å². The first kappa shape index (κ1) is 23.1. The van der Waals surface area contributed by atoms with Crippen molar-refractivity contribution in [2.75, 3.05) is 5.32 Å². The number of H-pyrrole nitrogens is 1. The van der Waals surface area contributed by atoms with Crippen LogP contribution in [0, 0.1) is 0 Å². The van der Waals surface area contributed by atoms with E-state index in [0.717, 1.165) is 18.5 Å². The van der Waals surface area contributed by atoms with Crippen LogP contribution in [0.3, 0.4) is 0 Å². The predicted molar refractivity (Wildman–Crippen MR) is 116 cm³/mol. The van der Waals surface area contributed by atoms with Gasteiger partial charge in [0, 0.05) is 23.7 Å². The van der Waals surface area contributed by atoms with Crippen LogP contribution in [-0.2, 0) is 9.53 Å². The van der Waals surface area contributed by atoms with Gasteiger partial charge in [0.25, 0.3) is 5.91 Å². The number of rotatable bonds is 8. The second kappa shape index (κ2) is 10.2. The van der Waals surface area contributed by atoms with Gasteiger partial charge in [-0.25, -0.2) is 4.79 Å². The number of aldehydes is 1. The van der Waals surface area contributed by atoms with Crippen LogP contribution in [0.25, 0.3) is 0 Å². The van der Waals surface area contributed by atoms with E-state index >= 15 is 0 Å². The molecule has 1 heterocycles. The van der Waals surface area contributed by atoms with Crippen LogP contribution in [0.2, 0.25) is 0 Å². The summed E-state index contributed by atoms with van der Waals surface area (Å²) >= 11 is 0. The predicted octanol–water partition coefficient (Wildman–Crippen LogP) is 3.10. The highest BCUT2D eigenvalue weighted by Gasteiger charge is 2.30. The molecule has 32 heavy (non-hydrogen) atoms. The van der Waals surface area contributed by atoms with Gasteiger partial charge < -0.3 is 25.2 Å². The number of carbonyl (C=O) groups is 3. The van der Waals surface area contributed by atoms with Crippen molar-refractivity contribution in [3.8, 4) is 11.5 Å². The molecule has 0 spiro atoms. The van der Waals surface area contributed by atoms with Gasteiger partial charge in [-0.2, -0.15) is 5.10 Å². The number of hydrogen-bond donors (Lipinski definition) is 4. The van der Waals surface area contributed by atoms with Gasteiger partial charge in [0.2, 0.25) is 0 Å². The molecule has 2 aromatic rings. The first-order valence-electron chi connectivity index (χ1n) is 10.5. The van der Waals surface area contributed by atoms with Crippen molar-refractivity contribution in [1.82, 2.24) is 15.5 Å². The van der Waals surface area contributed by atoms with Crippen molar-refractivity contribution in [1.29, 1.82) is 0 Å². The molecule has 0 bridgehead atoms. The highest BCUT2D eigenvalue weighted by Crippen LogP contribution is 2.36. The molecule has 3 rings (SSSR count). The van der Waals surface area contributed by atoms with E-state index in [1.165, 1.54) is 25.1 Å². The van der Waals surface area contributed by atoms with E-state index in [-0.39, 0.29) is 35.1 Å². The number of aromatic amines is 1. The molecule has 4 N–H and O–H groups in total. The highest BCUT2D eigenvalue weighted by molar-refractivity contribution is 5.93. The fraction of sp³-hybridized carbons (Fsp3) is 0.455. The maximum Gasteiger partial charge on any atom is 0.407 e. The standard InChI is InChI=1S/C22H28N4O6/c1-12(2)23-22(30)32-15-8-7-14(9-15)17-10-20(26-25-17)24-21(29)13(3)31-19-6-4-5-18(28)16(19)11-27/h4-6,10-15,28H,7-9H2,1-3H3,(H,23,30)(H2,24,25,26,29)/t13?,14-,15+/m0/s1. The summed E-state index contributed by atoms with van der Waals surface area (Å²) in [4.78, 5) is 35.4. The Morgan fingerprint density at radius 2 is 2.06 bits per heavy atom. The van der Waals surface area contributed by atoms with Crippen molar-refractivity contribution in [2.45, 2.75) is 64.2 Å². The quantitative estimate of drug-likeness (QED) is 0.458. The number of amides is 2. The molecule has 1 saturated carbocycles. The van der Waals surface area contributed by atoms with Gasteiger partial charge in [0.15, 0.2) is 18.2 Å². The Bertz CT molecular complexity index is 973. The lowest BCUT2D eigenvalue weighted by molar-refractivity contribution is -0.122. The second-order valence-corrected chi connectivity index (χ2v) is 8.10. The van der Waals surface area contributed by atoms with Crippen LogP contribution >= 0.6 is 0 Å². The topological polar surface area (TPSA) is 143 Å². The number of nitrogens with zero attached hydrogens (tertiary/aromatic N) is 1. The number of phenolic OH excluding ortho intramolecular Hbond substituents is 1. The Balaban J connectivity index is 1.54. The number of nitrogens with one attached hydrogen (secondary N) is 3. The van der Waals surface area contributed by atoms with Crippen LogP contribution in [0.15, 0.2) is 24.3 Å². The minimum Gasteiger partial charge on any atom is -0.507 e. The normalized spacial score (nSPS) is 18.8. The highest BCUT2D eigenvalue weighted by atomic mass is 16.6. The average molecular weight is 444 g/mol. The lowest BCUT2D eigenvalue weighted by atomic mass is 10.0. The summed E-state index contributed by atoms with van der Waals surface area (Å²) in [6.07, 6.45) is 1.22. The zero-order chi connectivity index (χ0) is 23.3. The van der Waals surface area contributed by atoms with Crippen LogP contribution in [0.1, 0.15) is 62.0 Å². The molecular formula is C22H28N4O6. The summed E-state index contributed by atoms with van der Waals surface area (Å²) < 4.78 is 11.0. The van der Waals surface area contributed by atoms with Crippen molar-refractivity contribution in [2.24, 2.45) is 0 Å². The summed E-state index contributed by atoms with van der Waals surface area (Å²) in [7, 11) is 0. The van der Waals surface area contributed by atoms with E-state index in [1.807, 2.05) is 13.8 Å². The minimum absolute atomic E-state index is 0.0162. The van der Waals surface area contributed by atoms with Gasteiger partial charge in [-0.3, -0.25) is 14.7 Å². The summed E-state index contributed by atoms with van der Waals surface area (Å²) in [6.45, 7) is 5.27. The second-order valence-electron chi connectivity index (χ2n) is 8.10. The molecule has 172 valence electrons. The number of aromatic nitrogens is 2. The van der Waals surface area contributed by atoms with Crippen molar-refractivity contribution >= 4 is 24.1 Å². The summed E-state index contributed by atoms with van der Waals surface area (Å²) in [5.74, 6) is -0.0808. The van der Waals surface area contributed by atoms with Crippen molar-refractivity contribution in [3.05, 3.63) is 35.5 Å². The zero-order valence-corrected chi connectivity index (χ0v) is 18.3. The van der Waals surface area contributed by atoms with Crippen LogP contribution in [-0.4, -0.2) is 51.8 Å². The van der Waals surface area contributed by atoms with E-state index in [2.05, 4.69) is 20.8 Å². The van der Waals surface area contributed by atoms with Crippen LogP contribution in [0.5, 0.6) is 11.5 Å². The maximum atomic E-state index is 12.5. The maximum absolute atomic E-state index is 12.5. The monoisotopic (exact) mass is 444 g/mol. The number of hydrogen-bond acceptors (Lipinski definition) is 7. The number of benzene rings is 1. The number of anilines is 1. The van der Waals surface area contributed by atoms with E-state index in [9.17, 15) is 19.5 Å². The van der Waals surface area contributed by atoms with Crippen LogP contribution < -0.4 is 15.4 Å². The van der Waals surface area contributed by atoms with Gasteiger partial charge in [0.05, 0.1) is 5.56 Å². The van der Waals surface area contributed by atoms with Crippen molar-refractivity contribution < 1.29 is 29.0 Å². The molecule has 0 saturated heterocycles. The number of aromatic hydroxyl groups is 1. The Morgan fingerprint density at radius 1 is 1.28 bits per heavy atom. The molecule has 1 aromatic heterocycles. The zero-order valence-electron chi connectivity index (χ0n) is 18.3. The Morgan fingerprint density at radius 3 is 2.78 bits per heavy atom. The average Bonchev–Trinajstić information content (AvgIpc) is 3.37. The SMILES string of the molecule is CC(C)NC(=O)O[C@@H]1CC[C@H](c2cc(NC(=O)C(C)Oc3cccc(O)c3C=O)n[nH]2)C1. The third kappa shape index (κ3) is 5.77. The molecule has 0 aliphatic heterocycles. The van der Waals surface area contributed by atoms with Gasteiger partial charge in [-0.15, -0.1) is 0 Å². The largest absolute Gasteiger partial charge is 0.507 e. The Hall–Kier alpha value is -3.56. The fourth-order valence-electron chi connectivity index (χ4n) is 3.59. The van der Waals surface area contributed by atoms with Gasteiger partial charge in [-0.1, -0.05) is 6.07 Å². The minimum atomic E-state index is -0.931. The molecular weight excluding hydrogens is 416 g/mol. The lowest BCUT2D eigenvalue weighted by Crippen LogP contribution is -2.33. The molecule has 1 aliphatic rings. The number of alkyl carbamates (subject to hydrolysis) is 1. The molecule has 1 aromatic carbocycles. The third-order valence-electron chi connectivity index (χ3n) is 5.19. The van der Waals surface area contributed by atoms with Crippen LogP contribution in [0.4, 0.5) is 10.6 Å². The molecule has 10 nitrogen and oxygen atoms in total. The summed E-state index contributed by atoms with van der Waals surface area (Å²) in [5, 5.41) is 22.2. The fourth-order valence-corrected chi connectivity index (χ4v) is 3.59. The first-order valence-corrected chi connectivity index (χ1v) is 10.5. The van der Waals surface area contributed by atoms with Crippen molar-refractivity contribution in [3.63, 3.8) is 0 Å². The molecule has 1 aliphatic carbocycles. The van der Waals surface area contributed by atoms with E-state index in [0.29, 0.717) is 18.5 Å². The van der Waals surface area contributed by atoms with E-state index in [4.69, 9.17) is 9.47 Å². The smallest absolute Gasteiger partial charge is 0.407 e. The number of phenols is 1. The molecule has 1 fully saturated rings. The summed E-state index contributed by atoms with van der Waals surface area (Å²) in [6, 6.07) is 6.15. The third-order valence-corrected chi connectivity index (χ3v) is 5.19. The van der Waals surface area contributed by atoms with E-state index < -0.39 is 18.1 Å².